The molecule has 0 amide bonds. The van der Waals surface area contributed by atoms with E-state index in [-0.39, 0.29) is 34.3 Å². The quantitative estimate of drug-likeness (QED) is 0.583. The Bertz CT molecular complexity index is 901. The molecule has 0 atom stereocenters. The average molecular weight is 338 g/mol. The first-order chi connectivity index (χ1) is 11.9. The van der Waals surface area contributed by atoms with Gasteiger partial charge in [-0.1, -0.05) is 23.8 Å². The summed E-state index contributed by atoms with van der Waals surface area (Å²) in [5.74, 6) is -0.514. The van der Waals surface area contributed by atoms with E-state index in [0.717, 1.165) is 11.6 Å². The summed E-state index contributed by atoms with van der Waals surface area (Å²) >= 11 is 0. The molecule has 0 bridgehead atoms. The van der Waals surface area contributed by atoms with Crippen molar-refractivity contribution >= 4 is 11.9 Å². The zero-order chi connectivity index (χ0) is 18.1. The minimum Gasteiger partial charge on any atom is -0.508 e. The maximum absolute atomic E-state index is 12.6. The van der Waals surface area contributed by atoms with Crippen LogP contribution < -0.4 is 4.74 Å². The van der Waals surface area contributed by atoms with Crippen molar-refractivity contribution in [2.75, 3.05) is 0 Å². The third-order valence-electron chi connectivity index (χ3n) is 3.91. The molecule has 2 aromatic rings. The van der Waals surface area contributed by atoms with Crippen LogP contribution in [0.4, 0.5) is 0 Å². The van der Waals surface area contributed by atoms with Crippen LogP contribution in [0.15, 0.2) is 47.7 Å². The van der Waals surface area contributed by atoms with Gasteiger partial charge in [0, 0.05) is 11.6 Å². The maximum Gasteiger partial charge on any atom is 0.235 e. The number of hydrogen-bond donors (Lipinski definition) is 3. The van der Waals surface area contributed by atoms with E-state index in [2.05, 4.69) is 0 Å². The molecule has 1 heterocycles. The van der Waals surface area contributed by atoms with Crippen molar-refractivity contribution < 1.29 is 24.9 Å². The number of carbonyl (C=O) groups is 1. The Morgan fingerprint density at radius 1 is 1.08 bits per heavy atom. The number of carbonyl (C=O) groups excluding carboxylic acids is 1. The molecule has 0 radical (unpaired) electrons. The van der Waals surface area contributed by atoms with Crippen molar-refractivity contribution in [1.29, 1.82) is 0 Å². The fourth-order valence-electron chi connectivity index (χ4n) is 2.60. The van der Waals surface area contributed by atoms with Crippen LogP contribution in [0.3, 0.4) is 0 Å². The number of phenols is 3. The van der Waals surface area contributed by atoms with Crippen molar-refractivity contribution in [2.45, 2.75) is 20.3 Å². The Morgan fingerprint density at radius 2 is 1.76 bits per heavy atom. The first kappa shape index (κ1) is 16.6. The summed E-state index contributed by atoms with van der Waals surface area (Å²) < 4.78 is 5.68. The van der Waals surface area contributed by atoms with Crippen LogP contribution in [0, 0.1) is 0 Å². The van der Waals surface area contributed by atoms with Gasteiger partial charge < -0.3 is 20.1 Å². The minimum atomic E-state index is -0.445. The van der Waals surface area contributed by atoms with Crippen LogP contribution in [0.5, 0.6) is 23.0 Å². The van der Waals surface area contributed by atoms with Gasteiger partial charge in [0.1, 0.15) is 28.6 Å². The fraction of sp³-hybridized carbons (Fsp3) is 0.150. The predicted molar refractivity (Wildman–Crippen MR) is 93.9 cm³/mol. The largest absolute Gasteiger partial charge is 0.508 e. The lowest BCUT2D eigenvalue weighted by Crippen LogP contribution is -1.98. The Morgan fingerprint density at radius 3 is 2.40 bits per heavy atom. The summed E-state index contributed by atoms with van der Waals surface area (Å²) in [6.07, 6.45) is 3.82. The van der Waals surface area contributed by atoms with E-state index in [9.17, 15) is 20.1 Å². The second-order valence-electron chi connectivity index (χ2n) is 6.11. The SMILES string of the molecule is CC(C)=CCc1c(O)cc(O)c2c1O/C(=C\c1ccc(O)cc1)C2=O. The summed E-state index contributed by atoms with van der Waals surface area (Å²) in [6.45, 7) is 3.86. The second-order valence-corrected chi connectivity index (χ2v) is 6.11. The molecule has 5 nitrogen and oxygen atoms in total. The molecule has 2 aromatic carbocycles. The van der Waals surface area contributed by atoms with Gasteiger partial charge in [-0.15, -0.1) is 0 Å². The van der Waals surface area contributed by atoms with E-state index in [1.165, 1.54) is 18.2 Å². The number of ketones is 1. The van der Waals surface area contributed by atoms with Gasteiger partial charge >= 0.3 is 0 Å². The smallest absolute Gasteiger partial charge is 0.235 e. The van der Waals surface area contributed by atoms with E-state index in [4.69, 9.17) is 4.74 Å². The Kier molecular flexibility index (Phi) is 4.23. The molecule has 3 N–H and O–H groups in total. The van der Waals surface area contributed by atoms with Crippen LogP contribution >= 0.6 is 0 Å². The van der Waals surface area contributed by atoms with Gasteiger partial charge in [-0.25, -0.2) is 0 Å². The molecule has 0 unspecified atom stereocenters. The number of fused-ring (bicyclic) bond motifs is 1. The number of allylic oxidation sites excluding steroid dienone is 3. The molecule has 1 aliphatic rings. The minimum absolute atomic E-state index is 0.0555. The Labute approximate surface area is 145 Å². The van der Waals surface area contributed by atoms with E-state index in [1.54, 1.807) is 12.1 Å². The number of phenolic OH excluding ortho intramolecular Hbond substituents is 3. The Hall–Kier alpha value is -3.21. The highest BCUT2D eigenvalue weighted by molar-refractivity contribution is 6.16. The zero-order valence-electron chi connectivity index (χ0n) is 13.9. The number of hydrogen-bond acceptors (Lipinski definition) is 5. The zero-order valence-corrected chi connectivity index (χ0v) is 13.9. The first-order valence-corrected chi connectivity index (χ1v) is 7.81. The molecular formula is C20H18O5. The lowest BCUT2D eigenvalue weighted by Gasteiger charge is -2.09. The highest BCUT2D eigenvalue weighted by Gasteiger charge is 2.34. The third kappa shape index (κ3) is 3.21. The molecule has 128 valence electrons. The summed E-state index contributed by atoms with van der Waals surface area (Å²) in [6, 6.07) is 7.45. The summed E-state index contributed by atoms with van der Waals surface area (Å²) in [5.41, 5.74) is 2.24. The first-order valence-electron chi connectivity index (χ1n) is 7.81. The average Bonchev–Trinajstić information content (AvgIpc) is 2.86. The van der Waals surface area contributed by atoms with Gasteiger partial charge in [-0.2, -0.15) is 0 Å². The number of aromatic hydroxyl groups is 3. The van der Waals surface area contributed by atoms with E-state index in [1.807, 2.05) is 19.9 Å². The van der Waals surface area contributed by atoms with Gasteiger partial charge in [0.25, 0.3) is 0 Å². The lowest BCUT2D eigenvalue weighted by molar-refractivity contribution is 0.101. The molecule has 0 fully saturated rings. The summed E-state index contributed by atoms with van der Waals surface area (Å²) in [4.78, 5) is 12.6. The molecule has 5 heteroatoms. The van der Waals surface area contributed by atoms with E-state index in [0.29, 0.717) is 17.5 Å². The molecule has 0 spiro atoms. The molecule has 0 aromatic heterocycles. The fourth-order valence-corrected chi connectivity index (χ4v) is 2.60. The normalized spacial score (nSPS) is 14.3. The van der Waals surface area contributed by atoms with E-state index < -0.39 is 5.78 Å². The number of rotatable bonds is 3. The van der Waals surface area contributed by atoms with Crippen molar-refractivity contribution in [3.63, 3.8) is 0 Å². The van der Waals surface area contributed by atoms with Gasteiger partial charge in [-0.3, -0.25) is 4.79 Å². The number of benzene rings is 2. The monoisotopic (exact) mass is 338 g/mol. The van der Waals surface area contributed by atoms with E-state index >= 15 is 0 Å². The topological polar surface area (TPSA) is 87.0 Å². The number of Topliss-reactive ketones (excluding diaryl/α,β-unsaturated/α-hetero) is 1. The second kappa shape index (κ2) is 6.36. The van der Waals surface area contributed by atoms with Crippen LogP contribution in [-0.2, 0) is 6.42 Å². The van der Waals surface area contributed by atoms with Crippen LogP contribution in [-0.4, -0.2) is 21.1 Å². The van der Waals surface area contributed by atoms with Crippen LogP contribution in [0.2, 0.25) is 0 Å². The molecule has 25 heavy (non-hydrogen) atoms. The maximum atomic E-state index is 12.6. The summed E-state index contributed by atoms with van der Waals surface area (Å²) in [5, 5.41) is 29.5. The summed E-state index contributed by atoms with van der Waals surface area (Å²) in [7, 11) is 0. The molecular weight excluding hydrogens is 320 g/mol. The van der Waals surface area contributed by atoms with Gasteiger partial charge in [-0.05, 0) is 44.0 Å². The highest BCUT2D eigenvalue weighted by atomic mass is 16.5. The lowest BCUT2D eigenvalue weighted by atomic mass is 10.0. The molecule has 1 aliphatic heterocycles. The van der Waals surface area contributed by atoms with Gasteiger partial charge in [0.15, 0.2) is 5.76 Å². The van der Waals surface area contributed by atoms with Gasteiger partial charge in [0.2, 0.25) is 5.78 Å². The Balaban J connectivity index is 2.05. The molecule has 0 saturated heterocycles. The van der Waals surface area contributed by atoms with Crippen LogP contribution in [0.1, 0.15) is 35.3 Å². The number of ether oxygens (including phenoxy) is 1. The third-order valence-corrected chi connectivity index (χ3v) is 3.91. The molecule has 0 aliphatic carbocycles. The van der Waals surface area contributed by atoms with Crippen molar-refractivity contribution in [3.05, 3.63) is 64.4 Å². The molecule has 3 rings (SSSR count). The molecule has 0 saturated carbocycles. The van der Waals surface area contributed by atoms with Crippen molar-refractivity contribution in [2.24, 2.45) is 0 Å². The predicted octanol–water partition coefficient (Wildman–Crippen LogP) is 3.93. The van der Waals surface area contributed by atoms with Crippen molar-refractivity contribution in [3.8, 4) is 23.0 Å². The van der Waals surface area contributed by atoms with Crippen molar-refractivity contribution in [1.82, 2.24) is 0 Å². The van der Waals surface area contributed by atoms with Gasteiger partial charge in [0.05, 0.1) is 0 Å². The standard InChI is InChI=1S/C20H18O5/c1-11(2)3-8-14-15(22)10-16(23)18-19(24)17(25-20(14)18)9-12-4-6-13(21)7-5-12/h3-7,9-10,21-23H,8H2,1-2H3/b17-9-. The highest BCUT2D eigenvalue weighted by Crippen LogP contribution is 2.45. The van der Waals surface area contributed by atoms with Crippen LogP contribution in [0.25, 0.3) is 6.08 Å².